The number of benzene rings is 1. The topological polar surface area (TPSA) is 54.0 Å². The van der Waals surface area contributed by atoms with Gasteiger partial charge in [-0.15, -0.1) is 11.3 Å². The average Bonchev–Trinajstić information content (AvgIpc) is 3.16. The maximum Gasteiger partial charge on any atom is 0.238 e. The first-order valence-electron chi connectivity index (χ1n) is 8.67. The first-order valence-corrected chi connectivity index (χ1v) is 9.55. The summed E-state index contributed by atoms with van der Waals surface area (Å²) in [7, 11) is 3.19. The van der Waals surface area contributed by atoms with E-state index in [0.29, 0.717) is 23.7 Å². The number of carbonyl (C=O) groups is 1. The zero-order valence-electron chi connectivity index (χ0n) is 15.2. The van der Waals surface area contributed by atoms with E-state index in [1.54, 1.807) is 43.8 Å². The number of piperazine rings is 1. The lowest BCUT2D eigenvalue weighted by Gasteiger charge is -2.34. The van der Waals surface area contributed by atoms with Gasteiger partial charge in [0.25, 0.3) is 0 Å². The number of carbonyl (C=O) groups excluding carboxylic acids is 1. The van der Waals surface area contributed by atoms with E-state index in [0.717, 1.165) is 32.7 Å². The number of ether oxygens (including phenoxy) is 2. The Bertz CT molecular complexity index is 713. The maximum absolute atomic E-state index is 12.4. The minimum absolute atomic E-state index is 0.0386. The highest BCUT2D eigenvalue weighted by Crippen LogP contribution is 2.28. The molecular weight excluding hydrogens is 350 g/mol. The third-order valence-electron chi connectivity index (χ3n) is 4.47. The van der Waals surface area contributed by atoms with Gasteiger partial charge in [-0.2, -0.15) is 0 Å². The van der Waals surface area contributed by atoms with Gasteiger partial charge >= 0.3 is 0 Å². The Morgan fingerprint density at radius 2 is 1.88 bits per heavy atom. The van der Waals surface area contributed by atoms with Gasteiger partial charge in [0.15, 0.2) is 0 Å². The van der Waals surface area contributed by atoms with E-state index in [1.807, 2.05) is 0 Å². The van der Waals surface area contributed by atoms with Crippen molar-refractivity contribution in [2.75, 3.05) is 52.3 Å². The molecule has 3 rings (SSSR count). The van der Waals surface area contributed by atoms with Crippen molar-refractivity contribution in [3.8, 4) is 11.5 Å². The van der Waals surface area contributed by atoms with Crippen LogP contribution in [0.3, 0.4) is 0 Å². The molecular formula is C19H25N3O3S. The SMILES string of the molecule is COc1ccc(OC)c(NC(=O)CN2CCN(Cc3cccs3)CC2)c1. The van der Waals surface area contributed by atoms with Crippen LogP contribution in [0.15, 0.2) is 35.7 Å². The van der Waals surface area contributed by atoms with Crippen molar-refractivity contribution in [1.29, 1.82) is 0 Å². The quantitative estimate of drug-likeness (QED) is 0.806. The highest BCUT2D eigenvalue weighted by Gasteiger charge is 2.20. The number of methoxy groups -OCH3 is 2. The monoisotopic (exact) mass is 375 g/mol. The number of anilines is 1. The van der Waals surface area contributed by atoms with Crippen molar-refractivity contribution in [2.45, 2.75) is 6.54 Å². The second-order valence-electron chi connectivity index (χ2n) is 6.25. The Labute approximate surface area is 158 Å². The number of hydrogen-bond donors (Lipinski definition) is 1. The number of rotatable bonds is 7. The summed E-state index contributed by atoms with van der Waals surface area (Å²) in [6, 6.07) is 9.63. The van der Waals surface area contributed by atoms with E-state index in [-0.39, 0.29) is 5.91 Å². The summed E-state index contributed by atoms with van der Waals surface area (Å²) in [4.78, 5) is 18.4. The fraction of sp³-hybridized carbons (Fsp3) is 0.421. The van der Waals surface area contributed by atoms with Crippen LogP contribution in [-0.2, 0) is 11.3 Å². The van der Waals surface area contributed by atoms with Crippen LogP contribution < -0.4 is 14.8 Å². The van der Waals surface area contributed by atoms with Gasteiger partial charge in [-0.25, -0.2) is 0 Å². The summed E-state index contributed by atoms with van der Waals surface area (Å²) in [5.74, 6) is 1.27. The molecule has 0 saturated carbocycles. The summed E-state index contributed by atoms with van der Waals surface area (Å²) < 4.78 is 10.5. The molecule has 26 heavy (non-hydrogen) atoms. The van der Waals surface area contributed by atoms with Crippen molar-refractivity contribution in [1.82, 2.24) is 9.80 Å². The lowest BCUT2D eigenvalue weighted by atomic mass is 10.2. The summed E-state index contributed by atoms with van der Waals surface area (Å²) >= 11 is 1.79. The number of nitrogens with zero attached hydrogens (tertiary/aromatic N) is 2. The van der Waals surface area contributed by atoms with E-state index in [4.69, 9.17) is 9.47 Å². The highest BCUT2D eigenvalue weighted by molar-refractivity contribution is 7.09. The lowest BCUT2D eigenvalue weighted by molar-refractivity contribution is -0.117. The number of thiophene rings is 1. The Balaban J connectivity index is 1.48. The lowest BCUT2D eigenvalue weighted by Crippen LogP contribution is -2.48. The molecule has 0 bridgehead atoms. The number of nitrogens with one attached hydrogen (secondary N) is 1. The molecule has 1 fully saturated rings. The minimum Gasteiger partial charge on any atom is -0.497 e. The van der Waals surface area contributed by atoms with Crippen LogP contribution in [0.5, 0.6) is 11.5 Å². The van der Waals surface area contributed by atoms with Crippen LogP contribution in [0, 0.1) is 0 Å². The van der Waals surface area contributed by atoms with Crippen LogP contribution in [0.25, 0.3) is 0 Å². The molecule has 1 aromatic heterocycles. The van der Waals surface area contributed by atoms with Crippen LogP contribution in [0.2, 0.25) is 0 Å². The molecule has 0 unspecified atom stereocenters. The summed E-state index contributed by atoms with van der Waals surface area (Å²) in [5.41, 5.74) is 0.633. The van der Waals surface area contributed by atoms with Gasteiger partial charge < -0.3 is 14.8 Å². The van der Waals surface area contributed by atoms with Crippen LogP contribution in [0.1, 0.15) is 4.88 Å². The molecule has 1 aliphatic rings. The molecule has 0 spiro atoms. The van der Waals surface area contributed by atoms with Gasteiger partial charge in [-0.1, -0.05) is 6.07 Å². The highest BCUT2D eigenvalue weighted by atomic mass is 32.1. The van der Waals surface area contributed by atoms with Gasteiger partial charge in [0.05, 0.1) is 26.5 Å². The molecule has 1 N–H and O–H groups in total. The van der Waals surface area contributed by atoms with Gasteiger partial charge in [0.2, 0.25) is 5.91 Å². The third-order valence-corrected chi connectivity index (χ3v) is 5.33. The first kappa shape index (κ1) is 18.7. The van der Waals surface area contributed by atoms with E-state index in [2.05, 4.69) is 32.6 Å². The Morgan fingerprint density at radius 1 is 1.12 bits per heavy atom. The summed E-state index contributed by atoms with van der Waals surface area (Å²) in [6.45, 7) is 5.13. The van der Waals surface area contributed by atoms with Gasteiger partial charge in [-0.3, -0.25) is 14.6 Å². The number of amides is 1. The summed E-state index contributed by atoms with van der Waals surface area (Å²) in [5, 5.41) is 5.05. The summed E-state index contributed by atoms with van der Waals surface area (Å²) in [6.07, 6.45) is 0. The molecule has 1 aromatic carbocycles. The Kier molecular flexibility index (Phi) is 6.49. The van der Waals surface area contributed by atoms with Gasteiger partial charge in [0.1, 0.15) is 11.5 Å². The Morgan fingerprint density at radius 3 is 2.54 bits per heavy atom. The van der Waals surface area contributed by atoms with Crippen molar-refractivity contribution >= 4 is 22.9 Å². The number of hydrogen-bond acceptors (Lipinski definition) is 6. The molecule has 0 aliphatic carbocycles. The van der Waals surface area contributed by atoms with Crippen molar-refractivity contribution < 1.29 is 14.3 Å². The second kappa shape index (κ2) is 9.02. The largest absolute Gasteiger partial charge is 0.497 e. The normalized spacial score (nSPS) is 15.6. The smallest absolute Gasteiger partial charge is 0.238 e. The molecule has 2 aromatic rings. The second-order valence-corrected chi connectivity index (χ2v) is 7.28. The molecule has 6 nitrogen and oxygen atoms in total. The fourth-order valence-electron chi connectivity index (χ4n) is 3.03. The standard InChI is InChI=1S/C19H25N3O3S/c1-24-15-5-6-18(25-2)17(12-15)20-19(23)14-22-9-7-21(8-10-22)13-16-4-3-11-26-16/h3-6,11-12H,7-10,13-14H2,1-2H3,(H,20,23). The molecule has 2 heterocycles. The van der Waals surface area contributed by atoms with Crippen molar-refractivity contribution in [3.63, 3.8) is 0 Å². The van der Waals surface area contributed by atoms with Crippen molar-refractivity contribution in [3.05, 3.63) is 40.6 Å². The first-order chi connectivity index (χ1) is 12.7. The van der Waals surface area contributed by atoms with Crippen molar-refractivity contribution in [2.24, 2.45) is 0 Å². The van der Waals surface area contributed by atoms with E-state index in [9.17, 15) is 4.79 Å². The molecule has 1 aliphatic heterocycles. The van der Waals surface area contributed by atoms with Crippen LogP contribution >= 0.6 is 11.3 Å². The predicted molar refractivity (Wildman–Crippen MR) is 104 cm³/mol. The molecule has 7 heteroatoms. The zero-order valence-corrected chi connectivity index (χ0v) is 16.1. The molecule has 0 atom stereocenters. The van der Waals surface area contributed by atoms with Gasteiger partial charge in [0, 0.05) is 43.7 Å². The molecule has 1 amide bonds. The molecule has 140 valence electrons. The Hall–Kier alpha value is -2.09. The zero-order chi connectivity index (χ0) is 18.4. The van der Waals surface area contributed by atoms with Gasteiger partial charge in [-0.05, 0) is 23.6 Å². The van der Waals surface area contributed by atoms with E-state index in [1.165, 1.54) is 4.88 Å². The molecule has 0 radical (unpaired) electrons. The minimum atomic E-state index is -0.0386. The average molecular weight is 375 g/mol. The molecule has 1 saturated heterocycles. The van der Waals surface area contributed by atoms with Crippen LogP contribution in [0.4, 0.5) is 5.69 Å². The van der Waals surface area contributed by atoms with E-state index < -0.39 is 0 Å². The van der Waals surface area contributed by atoms with Crippen LogP contribution in [-0.4, -0.2) is 62.7 Å². The third kappa shape index (κ3) is 4.97. The fourth-order valence-corrected chi connectivity index (χ4v) is 3.78. The maximum atomic E-state index is 12.4. The predicted octanol–water partition coefficient (Wildman–Crippen LogP) is 2.52. The van der Waals surface area contributed by atoms with E-state index >= 15 is 0 Å².